The Kier molecular flexibility index (Phi) is 3.96. The molecule has 1 aliphatic carbocycles. The fraction of sp³-hybridized carbons (Fsp3) is 0.538. The number of aromatic nitrogens is 1. The summed E-state index contributed by atoms with van der Waals surface area (Å²) >= 11 is 0. The van der Waals surface area contributed by atoms with E-state index in [2.05, 4.69) is 4.98 Å². The molecule has 0 atom stereocenters. The molecule has 0 bridgehead atoms. The third kappa shape index (κ3) is 3.44. The summed E-state index contributed by atoms with van der Waals surface area (Å²) in [5.41, 5.74) is 0.0335. The molecule has 1 aromatic heterocycles. The fourth-order valence-corrected chi connectivity index (χ4v) is 2.17. The molecule has 4 nitrogen and oxygen atoms in total. The van der Waals surface area contributed by atoms with Gasteiger partial charge in [-0.05, 0) is 24.8 Å². The quantitative estimate of drug-likeness (QED) is 0.871. The zero-order valence-corrected chi connectivity index (χ0v) is 9.76. The molecule has 1 fully saturated rings. The van der Waals surface area contributed by atoms with Gasteiger partial charge in [0.1, 0.15) is 0 Å². The number of pyridine rings is 1. The van der Waals surface area contributed by atoms with Crippen LogP contribution in [0.25, 0.3) is 0 Å². The molecule has 1 saturated carbocycles. The number of hydrogen-bond donors (Lipinski definition) is 1. The van der Waals surface area contributed by atoms with E-state index in [9.17, 15) is 4.79 Å². The van der Waals surface area contributed by atoms with Crippen molar-refractivity contribution in [3.8, 4) is 5.88 Å². The Morgan fingerprint density at radius 1 is 1.35 bits per heavy atom. The van der Waals surface area contributed by atoms with Crippen molar-refractivity contribution in [2.75, 3.05) is 6.61 Å². The van der Waals surface area contributed by atoms with E-state index in [1.807, 2.05) is 0 Å². The van der Waals surface area contributed by atoms with Crippen LogP contribution < -0.4 is 4.74 Å². The molecule has 2 rings (SSSR count). The molecule has 1 heterocycles. The van der Waals surface area contributed by atoms with Crippen LogP contribution in [0.15, 0.2) is 18.2 Å². The average molecular weight is 235 g/mol. The van der Waals surface area contributed by atoms with Crippen LogP contribution >= 0.6 is 0 Å². The Bertz CT molecular complexity index is 386. The molecule has 17 heavy (non-hydrogen) atoms. The van der Waals surface area contributed by atoms with E-state index in [0.29, 0.717) is 18.4 Å². The van der Waals surface area contributed by atoms with Crippen LogP contribution in [0.2, 0.25) is 0 Å². The molecule has 0 saturated heterocycles. The van der Waals surface area contributed by atoms with Crippen LogP contribution in [0.4, 0.5) is 0 Å². The van der Waals surface area contributed by atoms with Crippen LogP contribution in [0, 0.1) is 5.92 Å². The smallest absolute Gasteiger partial charge is 0.354 e. The van der Waals surface area contributed by atoms with Crippen molar-refractivity contribution in [2.24, 2.45) is 5.92 Å². The molecule has 1 aromatic rings. The number of carboxylic acid groups (broad SMARTS) is 1. The maximum atomic E-state index is 10.7. The topological polar surface area (TPSA) is 59.4 Å². The molecule has 0 aromatic carbocycles. The molecule has 0 amide bonds. The Hall–Kier alpha value is -1.58. The largest absolute Gasteiger partial charge is 0.477 e. The van der Waals surface area contributed by atoms with Crippen LogP contribution in [-0.4, -0.2) is 22.7 Å². The Labute approximate surface area is 101 Å². The van der Waals surface area contributed by atoms with Crippen LogP contribution in [0.3, 0.4) is 0 Å². The first-order chi connectivity index (χ1) is 8.25. The van der Waals surface area contributed by atoms with E-state index in [-0.39, 0.29) is 5.69 Å². The minimum Gasteiger partial charge on any atom is -0.477 e. The van der Waals surface area contributed by atoms with Crippen molar-refractivity contribution in [1.29, 1.82) is 0 Å². The Morgan fingerprint density at radius 3 is 2.82 bits per heavy atom. The van der Waals surface area contributed by atoms with Crippen LogP contribution in [-0.2, 0) is 0 Å². The first-order valence-electron chi connectivity index (χ1n) is 6.09. The lowest BCUT2D eigenvalue weighted by Gasteiger charge is -2.21. The number of ether oxygens (including phenoxy) is 1. The molecule has 1 N–H and O–H groups in total. The predicted octanol–water partition coefficient (Wildman–Crippen LogP) is 2.74. The maximum Gasteiger partial charge on any atom is 0.354 e. The van der Waals surface area contributed by atoms with E-state index in [1.54, 1.807) is 12.1 Å². The summed E-state index contributed by atoms with van der Waals surface area (Å²) < 4.78 is 5.56. The SMILES string of the molecule is O=C(O)c1cccc(OCC2CCCCC2)n1. The fourth-order valence-electron chi connectivity index (χ4n) is 2.17. The lowest BCUT2D eigenvalue weighted by Crippen LogP contribution is -2.16. The molecule has 92 valence electrons. The first kappa shape index (κ1) is 11.9. The van der Waals surface area contributed by atoms with Crippen LogP contribution in [0.5, 0.6) is 5.88 Å². The van der Waals surface area contributed by atoms with Crippen LogP contribution in [0.1, 0.15) is 42.6 Å². The van der Waals surface area contributed by atoms with Gasteiger partial charge in [0.05, 0.1) is 6.61 Å². The molecular formula is C13H17NO3. The highest BCUT2D eigenvalue weighted by molar-refractivity contribution is 5.85. The minimum absolute atomic E-state index is 0.0335. The highest BCUT2D eigenvalue weighted by Crippen LogP contribution is 2.24. The number of carboxylic acids is 1. The standard InChI is InChI=1S/C13H17NO3/c15-13(16)11-7-4-8-12(14-11)17-9-10-5-2-1-3-6-10/h4,7-8,10H,1-3,5-6,9H2,(H,15,16). The van der Waals surface area contributed by atoms with Crippen molar-refractivity contribution in [1.82, 2.24) is 4.98 Å². The zero-order chi connectivity index (χ0) is 12.1. The van der Waals surface area contributed by atoms with E-state index < -0.39 is 5.97 Å². The summed E-state index contributed by atoms with van der Waals surface area (Å²) in [6, 6.07) is 4.83. The second kappa shape index (κ2) is 5.66. The number of carbonyl (C=O) groups is 1. The molecule has 4 heteroatoms. The first-order valence-corrected chi connectivity index (χ1v) is 6.09. The van der Waals surface area contributed by atoms with Gasteiger partial charge < -0.3 is 9.84 Å². The van der Waals surface area contributed by atoms with Gasteiger partial charge in [0.15, 0.2) is 5.69 Å². The van der Waals surface area contributed by atoms with Gasteiger partial charge in [0.2, 0.25) is 5.88 Å². The monoisotopic (exact) mass is 235 g/mol. The summed E-state index contributed by atoms with van der Waals surface area (Å²) in [6.45, 7) is 0.649. The zero-order valence-electron chi connectivity index (χ0n) is 9.76. The second-order valence-corrected chi connectivity index (χ2v) is 4.48. The Morgan fingerprint density at radius 2 is 2.12 bits per heavy atom. The lowest BCUT2D eigenvalue weighted by atomic mass is 9.90. The van der Waals surface area contributed by atoms with Gasteiger partial charge in [-0.2, -0.15) is 0 Å². The van der Waals surface area contributed by atoms with Gasteiger partial charge >= 0.3 is 5.97 Å². The lowest BCUT2D eigenvalue weighted by molar-refractivity contribution is 0.0688. The minimum atomic E-state index is -1.02. The summed E-state index contributed by atoms with van der Waals surface area (Å²) in [5, 5.41) is 8.81. The maximum absolute atomic E-state index is 10.7. The van der Waals surface area contributed by atoms with Gasteiger partial charge in [-0.1, -0.05) is 25.3 Å². The number of nitrogens with zero attached hydrogens (tertiary/aromatic N) is 1. The third-order valence-corrected chi connectivity index (χ3v) is 3.13. The highest BCUT2D eigenvalue weighted by Gasteiger charge is 2.14. The van der Waals surface area contributed by atoms with Crippen molar-refractivity contribution in [2.45, 2.75) is 32.1 Å². The number of hydrogen-bond acceptors (Lipinski definition) is 3. The van der Waals surface area contributed by atoms with Gasteiger partial charge in [0, 0.05) is 6.07 Å². The van der Waals surface area contributed by atoms with Gasteiger partial charge in [0.25, 0.3) is 0 Å². The van der Waals surface area contributed by atoms with Crippen molar-refractivity contribution >= 4 is 5.97 Å². The van der Waals surface area contributed by atoms with E-state index in [0.717, 1.165) is 0 Å². The van der Waals surface area contributed by atoms with Gasteiger partial charge in [-0.3, -0.25) is 0 Å². The van der Waals surface area contributed by atoms with Crippen molar-refractivity contribution in [3.63, 3.8) is 0 Å². The molecule has 1 aliphatic rings. The number of aromatic carboxylic acids is 1. The van der Waals surface area contributed by atoms with E-state index in [4.69, 9.17) is 9.84 Å². The van der Waals surface area contributed by atoms with Gasteiger partial charge in [-0.25, -0.2) is 9.78 Å². The van der Waals surface area contributed by atoms with E-state index >= 15 is 0 Å². The third-order valence-electron chi connectivity index (χ3n) is 3.13. The average Bonchev–Trinajstić information content (AvgIpc) is 2.38. The molecule has 0 unspecified atom stereocenters. The van der Waals surface area contributed by atoms with Gasteiger partial charge in [-0.15, -0.1) is 0 Å². The predicted molar refractivity (Wildman–Crippen MR) is 63.3 cm³/mol. The molecular weight excluding hydrogens is 218 g/mol. The molecule has 0 radical (unpaired) electrons. The highest BCUT2D eigenvalue weighted by atomic mass is 16.5. The summed E-state index contributed by atoms with van der Waals surface area (Å²) in [7, 11) is 0. The second-order valence-electron chi connectivity index (χ2n) is 4.48. The normalized spacial score (nSPS) is 16.7. The van der Waals surface area contributed by atoms with Crippen molar-refractivity contribution < 1.29 is 14.6 Å². The Balaban J connectivity index is 1.89. The summed E-state index contributed by atoms with van der Waals surface area (Å²) in [4.78, 5) is 14.7. The summed E-state index contributed by atoms with van der Waals surface area (Å²) in [6.07, 6.45) is 6.29. The molecule has 0 aliphatic heterocycles. The summed E-state index contributed by atoms with van der Waals surface area (Å²) in [5.74, 6) is -0.0115. The van der Waals surface area contributed by atoms with E-state index in [1.165, 1.54) is 38.2 Å². The number of rotatable bonds is 4. The van der Waals surface area contributed by atoms with Crippen molar-refractivity contribution in [3.05, 3.63) is 23.9 Å². The molecule has 0 spiro atoms.